The molecular weight excluding hydrogens is 295 g/mol. The summed E-state index contributed by atoms with van der Waals surface area (Å²) in [6.45, 7) is 2.71. The van der Waals surface area contributed by atoms with Gasteiger partial charge in [-0.15, -0.1) is 11.6 Å². The lowest BCUT2D eigenvalue weighted by Gasteiger charge is -2.08. The summed E-state index contributed by atoms with van der Waals surface area (Å²) >= 11 is 12.3. The first kappa shape index (κ1) is 13.5. The van der Waals surface area contributed by atoms with Gasteiger partial charge in [-0.2, -0.15) is 5.10 Å². The van der Waals surface area contributed by atoms with Gasteiger partial charge in [0.15, 0.2) is 0 Å². The molecule has 3 aromatic rings. The maximum atomic E-state index is 6.32. The number of alkyl halides is 1. The number of benzene rings is 1. The summed E-state index contributed by atoms with van der Waals surface area (Å²) in [5, 5.41) is 4.96. The van der Waals surface area contributed by atoms with Crippen LogP contribution in [0.3, 0.4) is 0 Å². The summed E-state index contributed by atoms with van der Waals surface area (Å²) in [6.07, 6.45) is 1.87. The van der Waals surface area contributed by atoms with Crippen molar-refractivity contribution in [3.05, 3.63) is 46.5 Å². The van der Waals surface area contributed by atoms with Gasteiger partial charge in [0.1, 0.15) is 5.82 Å². The third-order valence-electron chi connectivity index (χ3n) is 3.58. The second kappa shape index (κ2) is 5.11. The first-order valence-corrected chi connectivity index (χ1v) is 7.20. The molecule has 0 aliphatic rings. The second-order valence-electron chi connectivity index (χ2n) is 4.73. The van der Waals surface area contributed by atoms with Crippen LogP contribution < -0.4 is 0 Å². The normalized spacial score (nSPS) is 11.4. The van der Waals surface area contributed by atoms with Crippen molar-refractivity contribution in [2.45, 2.75) is 19.3 Å². The number of halogens is 2. The van der Waals surface area contributed by atoms with Gasteiger partial charge < -0.3 is 4.57 Å². The number of para-hydroxylation sites is 1. The molecule has 3 rings (SSSR count). The number of rotatable bonds is 3. The Balaban J connectivity index is 2.17. The summed E-state index contributed by atoms with van der Waals surface area (Å²) < 4.78 is 3.92. The third kappa shape index (κ3) is 2.09. The van der Waals surface area contributed by atoms with E-state index >= 15 is 0 Å². The summed E-state index contributed by atoms with van der Waals surface area (Å²) in [7, 11) is 1.93. The van der Waals surface area contributed by atoms with Gasteiger partial charge in [0, 0.05) is 18.3 Å². The number of nitrogens with zero attached hydrogens (tertiary/aromatic N) is 4. The molecule has 2 aromatic heterocycles. The van der Waals surface area contributed by atoms with E-state index in [1.165, 1.54) is 0 Å². The van der Waals surface area contributed by atoms with Gasteiger partial charge in [-0.1, -0.05) is 17.7 Å². The van der Waals surface area contributed by atoms with E-state index in [0.29, 0.717) is 17.4 Å². The molecular formula is C14H14Cl2N4. The summed E-state index contributed by atoms with van der Waals surface area (Å²) in [5.74, 6) is 1.17. The Kier molecular flexibility index (Phi) is 3.44. The van der Waals surface area contributed by atoms with Crippen LogP contribution in [0, 0.1) is 6.92 Å². The van der Waals surface area contributed by atoms with Crippen molar-refractivity contribution in [3.63, 3.8) is 0 Å². The highest BCUT2D eigenvalue weighted by atomic mass is 35.5. The monoisotopic (exact) mass is 308 g/mol. The van der Waals surface area contributed by atoms with Crippen molar-refractivity contribution >= 4 is 34.2 Å². The molecule has 0 spiro atoms. The van der Waals surface area contributed by atoms with Gasteiger partial charge in [0.2, 0.25) is 0 Å². The average Bonchev–Trinajstić information content (AvgIpc) is 2.95. The van der Waals surface area contributed by atoms with Gasteiger partial charge in [0.05, 0.1) is 34.7 Å². The van der Waals surface area contributed by atoms with E-state index in [0.717, 1.165) is 28.1 Å². The molecule has 0 saturated heterocycles. The van der Waals surface area contributed by atoms with E-state index in [2.05, 4.69) is 14.6 Å². The summed E-state index contributed by atoms with van der Waals surface area (Å²) in [5.41, 5.74) is 4.06. The van der Waals surface area contributed by atoms with Crippen molar-refractivity contribution in [2.75, 3.05) is 0 Å². The topological polar surface area (TPSA) is 35.6 Å². The van der Waals surface area contributed by atoms with E-state index < -0.39 is 0 Å². The molecule has 0 N–H and O–H groups in total. The van der Waals surface area contributed by atoms with Gasteiger partial charge in [-0.3, -0.25) is 4.68 Å². The zero-order valence-corrected chi connectivity index (χ0v) is 12.8. The third-order valence-corrected chi connectivity index (χ3v) is 4.13. The molecule has 104 valence electrons. The van der Waals surface area contributed by atoms with Gasteiger partial charge in [0.25, 0.3) is 0 Å². The van der Waals surface area contributed by atoms with Crippen LogP contribution in [-0.4, -0.2) is 19.3 Å². The molecule has 0 bridgehead atoms. The molecule has 20 heavy (non-hydrogen) atoms. The van der Waals surface area contributed by atoms with E-state index in [-0.39, 0.29) is 0 Å². The first-order chi connectivity index (χ1) is 9.61. The molecule has 0 radical (unpaired) electrons. The zero-order valence-electron chi connectivity index (χ0n) is 11.3. The number of aryl methyl sites for hydroxylation is 1. The Hall–Kier alpha value is -1.52. The van der Waals surface area contributed by atoms with Crippen LogP contribution in [0.4, 0.5) is 0 Å². The molecule has 0 amide bonds. The van der Waals surface area contributed by atoms with Gasteiger partial charge in [-0.05, 0) is 19.1 Å². The molecule has 0 aliphatic heterocycles. The quantitative estimate of drug-likeness (QED) is 0.694. The summed E-state index contributed by atoms with van der Waals surface area (Å²) in [6, 6.07) is 5.72. The van der Waals surface area contributed by atoms with Crippen molar-refractivity contribution < 1.29 is 0 Å². The van der Waals surface area contributed by atoms with Crippen LogP contribution in [0.15, 0.2) is 24.4 Å². The maximum absolute atomic E-state index is 6.32. The molecule has 0 atom stereocenters. The number of fused-ring (bicyclic) bond motifs is 1. The van der Waals surface area contributed by atoms with Crippen molar-refractivity contribution in [2.24, 2.45) is 7.05 Å². The minimum atomic E-state index is 0.352. The minimum absolute atomic E-state index is 0.352. The highest BCUT2D eigenvalue weighted by Crippen LogP contribution is 2.26. The molecule has 0 aliphatic carbocycles. The zero-order chi connectivity index (χ0) is 14.3. The molecule has 0 fully saturated rings. The average molecular weight is 309 g/mol. The number of imidazole rings is 1. The van der Waals surface area contributed by atoms with Crippen LogP contribution in [0.2, 0.25) is 5.02 Å². The second-order valence-corrected chi connectivity index (χ2v) is 5.41. The molecule has 0 saturated carbocycles. The Labute approximate surface area is 126 Å². The standard InChI is InChI=1S/C14H14Cl2N4/c1-9-10(7-17-19(9)2)8-20-13(6-15)18-12-5-3-4-11(16)14(12)20/h3-5,7H,6,8H2,1-2H3. The Morgan fingerprint density at radius 2 is 2.10 bits per heavy atom. The first-order valence-electron chi connectivity index (χ1n) is 6.29. The maximum Gasteiger partial charge on any atom is 0.125 e. The Morgan fingerprint density at radius 1 is 1.30 bits per heavy atom. The number of aromatic nitrogens is 4. The largest absolute Gasteiger partial charge is 0.321 e. The van der Waals surface area contributed by atoms with E-state index in [9.17, 15) is 0 Å². The van der Waals surface area contributed by atoms with Gasteiger partial charge in [-0.25, -0.2) is 4.98 Å². The van der Waals surface area contributed by atoms with E-state index in [4.69, 9.17) is 23.2 Å². The smallest absolute Gasteiger partial charge is 0.125 e. The SMILES string of the molecule is Cc1c(Cn2c(CCl)nc3cccc(Cl)c32)cnn1C. The van der Waals surface area contributed by atoms with Crippen LogP contribution >= 0.6 is 23.2 Å². The lowest BCUT2D eigenvalue weighted by Crippen LogP contribution is -2.05. The molecule has 2 heterocycles. The predicted octanol–water partition coefficient (Wildman–Crippen LogP) is 3.52. The van der Waals surface area contributed by atoms with Crippen LogP contribution in [0.1, 0.15) is 17.1 Å². The van der Waals surface area contributed by atoms with Crippen LogP contribution in [0.25, 0.3) is 11.0 Å². The Bertz CT molecular complexity index is 773. The van der Waals surface area contributed by atoms with E-state index in [1.807, 2.05) is 43.0 Å². The molecule has 1 aromatic carbocycles. The molecule has 4 nitrogen and oxygen atoms in total. The predicted molar refractivity (Wildman–Crippen MR) is 81.3 cm³/mol. The Morgan fingerprint density at radius 3 is 2.75 bits per heavy atom. The number of hydrogen-bond donors (Lipinski definition) is 0. The highest BCUT2D eigenvalue weighted by Gasteiger charge is 2.14. The number of hydrogen-bond acceptors (Lipinski definition) is 2. The minimum Gasteiger partial charge on any atom is -0.321 e. The highest BCUT2D eigenvalue weighted by molar-refractivity contribution is 6.35. The fourth-order valence-electron chi connectivity index (χ4n) is 2.33. The lowest BCUT2D eigenvalue weighted by atomic mass is 10.2. The molecule has 0 unspecified atom stereocenters. The fourth-order valence-corrected chi connectivity index (χ4v) is 2.81. The van der Waals surface area contributed by atoms with Crippen molar-refractivity contribution in [3.8, 4) is 0 Å². The van der Waals surface area contributed by atoms with E-state index in [1.54, 1.807) is 0 Å². The van der Waals surface area contributed by atoms with Crippen LogP contribution in [-0.2, 0) is 19.5 Å². The van der Waals surface area contributed by atoms with Gasteiger partial charge >= 0.3 is 0 Å². The lowest BCUT2D eigenvalue weighted by molar-refractivity contribution is 0.729. The van der Waals surface area contributed by atoms with Crippen LogP contribution in [0.5, 0.6) is 0 Å². The summed E-state index contributed by atoms with van der Waals surface area (Å²) in [4.78, 5) is 4.54. The van der Waals surface area contributed by atoms with Crippen molar-refractivity contribution in [1.29, 1.82) is 0 Å². The fraction of sp³-hybridized carbons (Fsp3) is 0.286. The molecule has 6 heteroatoms. The van der Waals surface area contributed by atoms with Crippen molar-refractivity contribution in [1.82, 2.24) is 19.3 Å².